The summed E-state index contributed by atoms with van der Waals surface area (Å²) in [4.78, 5) is 41.5. The molecule has 0 radical (unpaired) electrons. The van der Waals surface area contributed by atoms with E-state index in [4.69, 9.17) is 0 Å². The minimum Gasteiger partial charge on any atom is -0.595 e. The average molecular weight is 426 g/mol. The van der Waals surface area contributed by atoms with Crippen molar-refractivity contribution in [2.45, 2.75) is 11.3 Å². The lowest BCUT2D eigenvalue weighted by Gasteiger charge is -2.51. The Morgan fingerprint density at radius 2 is 1.44 bits per heavy atom. The van der Waals surface area contributed by atoms with E-state index in [1.54, 1.807) is 0 Å². The first-order valence-corrected chi connectivity index (χ1v) is 10.4. The predicted octanol–water partition coefficient (Wildman–Crippen LogP) is 1.84. The number of quaternary nitrogens is 1. The van der Waals surface area contributed by atoms with Gasteiger partial charge < -0.3 is 10.0 Å². The van der Waals surface area contributed by atoms with E-state index in [2.05, 4.69) is 0 Å². The zero-order valence-electron chi connectivity index (χ0n) is 16.8. The maximum Gasteiger partial charge on any atom is 0.239 e. The van der Waals surface area contributed by atoms with Gasteiger partial charge in [0.25, 0.3) is 0 Å². The van der Waals surface area contributed by atoms with Gasteiger partial charge in [0.05, 0.1) is 22.9 Å². The van der Waals surface area contributed by atoms with Crippen molar-refractivity contribution in [2.24, 2.45) is 11.8 Å². The summed E-state index contributed by atoms with van der Waals surface area (Å²) < 4.78 is 0. The lowest BCUT2D eigenvalue weighted by molar-refractivity contribution is -0.991. The number of rotatable bonds is 3. The molecule has 7 heteroatoms. The summed E-state index contributed by atoms with van der Waals surface area (Å²) in [6, 6.07) is 20.8. The molecule has 3 aromatic carbocycles. The van der Waals surface area contributed by atoms with Crippen molar-refractivity contribution in [3.05, 3.63) is 100 Å². The second-order valence-electron chi connectivity index (χ2n) is 8.51. The molecule has 2 amide bonds. The topological polar surface area (TPSA) is 102 Å². The van der Waals surface area contributed by atoms with Crippen LogP contribution in [0.25, 0.3) is 0 Å². The number of amides is 2. The Hall–Kier alpha value is -3.65. The van der Waals surface area contributed by atoms with E-state index in [1.165, 1.54) is 24.3 Å². The van der Waals surface area contributed by atoms with Crippen LogP contribution in [0.2, 0.25) is 0 Å². The van der Waals surface area contributed by atoms with E-state index in [1.807, 2.05) is 48.5 Å². The van der Waals surface area contributed by atoms with Gasteiger partial charge in [0.15, 0.2) is 5.69 Å². The molecular weight excluding hydrogens is 408 g/mol. The molecule has 0 aromatic heterocycles. The fourth-order valence-electron chi connectivity index (χ4n) is 6.04. The molecule has 0 spiro atoms. The minimum atomic E-state index is -1.24. The standard InChI is InChI=1S/C25H18N2O5/c28-13-25-18-7-3-1-5-16(18)20(17-6-2-4-8-19(17)25)21-22(25)24(30)26(23(21)29)14-9-11-15(12-10-14)27(31)32/h1-13,20-22,27,31H/t20?,21-,22-,25?/m1/s1. The first kappa shape index (κ1) is 19.1. The fraction of sp³-hybridized carbons (Fsp3) is 0.160. The zero-order chi connectivity index (χ0) is 22.2. The van der Waals surface area contributed by atoms with Crippen LogP contribution in [0.15, 0.2) is 72.8 Å². The number of carbonyl (C=O) groups is 3. The molecule has 2 bridgehead atoms. The number of hydrogen-bond acceptors (Lipinski definition) is 5. The summed E-state index contributed by atoms with van der Waals surface area (Å²) in [6.45, 7) is 0. The Balaban J connectivity index is 1.58. The van der Waals surface area contributed by atoms with Crippen molar-refractivity contribution < 1.29 is 24.8 Å². The van der Waals surface area contributed by atoms with E-state index < -0.39 is 28.4 Å². The van der Waals surface area contributed by atoms with Crippen LogP contribution in [0.1, 0.15) is 28.2 Å². The van der Waals surface area contributed by atoms with Crippen molar-refractivity contribution in [3.63, 3.8) is 0 Å². The molecule has 1 unspecified atom stereocenters. The summed E-state index contributed by atoms with van der Waals surface area (Å²) in [6.07, 6.45) is 0.833. The zero-order valence-corrected chi connectivity index (χ0v) is 16.8. The number of aldehydes is 1. The van der Waals surface area contributed by atoms with Crippen LogP contribution in [0, 0.1) is 17.0 Å². The Morgan fingerprint density at radius 3 is 1.97 bits per heavy atom. The van der Waals surface area contributed by atoms with Crippen molar-refractivity contribution in [3.8, 4) is 0 Å². The van der Waals surface area contributed by atoms with Gasteiger partial charge in [-0.1, -0.05) is 48.5 Å². The number of nitrogens with one attached hydrogen (secondary N) is 1. The molecule has 2 N–H and O–H groups in total. The highest BCUT2D eigenvalue weighted by atomic mass is 16.8. The molecule has 1 aliphatic heterocycles. The van der Waals surface area contributed by atoms with Crippen molar-refractivity contribution in [1.29, 1.82) is 0 Å². The lowest BCUT2D eigenvalue weighted by Crippen LogP contribution is -2.99. The number of imide groups is 1. The van der Waals surface area contributed by atoms with Crippen LogP contribution in [0.4, 0.5) is 11.4 Å². The number of carbonyl (C=O) groups excluding carboxylic acids is 3. The highest BCUT2D eigenvalue weighted by Crippen LogP contribution is 2.63. The normalized spacial score (nSPS) is 28.2. The highest BCUT2D eigenvalue weighted by molar-refractivity contribution is 6.24. The molecule has 158 valence electrons. The second kappa shape index (κ2) is 6.43. The van der Waals surface area contributed by atoms with E-state index in [-0.39, 0.29) is 17.5 Å². The van der Waals surface area contributed by atoms with Gasteiger partial charge in [0, 0.05) is 18.1 Å². The van der Waals surface area contributed by atoms with Crippen LogP contribution < -0.4 is 10.1 Å². The third kappa shape index (κ3) is 2.12. The van der Waals surface area contributed by atoms with E-state index in [0.717, 1.165) is 33.4 Å². The maximum absolute atomic E-state index is 13.8. The molecule has 7 rings (SSSR count). The third-order valence-electron chi connectivity index (χ3n) is 7.24. The van der Waals surface area contributed by atoms with Gasteiger partial charge in [0.2, 0.25) is 11.8 Å². The van der Waals surface area contributed by atoms with Gasteiger partial charge in [-0.2, -0.15) is 5.23 Å². The molecule has 3 aliphatic carbocycles. The smallest absolute Gasteiger partial charge is 0.239 e. The molecule has 3 aromatic rings. The quantitative estimate of drug-likeness (QED) is 0.378. The Kier molecular flexibility index (Phi) is 3.83. The van der Waals surface area contributed by atoms with Crippen LogP contribution in [-0.4, -0.2) is 23.3 Å². The monoisotopic (exact) mass is 426 g/mol. The van der Waals surface area contributed by atoms with Crippen molar-refractivity contribution >= 4 is 29.5 Å². The van der Waals surface area contributed by atoms with Gasteiger partial charge in [-0.25, -0.2) is 10.1 Å². The SMILES string of the molecule is O=CC12c3ccccc3C(c3ccccc31)[C@H]1C(=O)N(c3ccc([NH+]([O-])O)cc3)C(=O)[C@@H]12. The summed E-state index contributed by atoms with van der Waals surface area (Å²) >= 11 is 0. The summed E-state index contributed by atoms with van der Waals surface area (Å²) in [5.74, 6) is -2.65. The number of benzene rings is 3. The van der Waals surface area contributed by atoms with Gasteiger partial charge in [0.1, 0.15) is 6.29 Å². The van der Waals surface area contributed by atoms with Gasteiger partial charge in [-0.05, 0) is 34.4 Å². The molecule has 1 heterocycles. The van der Waals surface area contributed by atoms with Crippen LogP contribution in [-0.2, 0) is 19.8 Å². The molecule has 1 saturated heterocycles. The third-order valence-corrected chi connectivity index (χ3v) is 7.24. The minimum absolute atomic E-state index is 0.0644. The number of nitrogens with zero attached hydrogens (tertiary/aromatic N) is 1. The predicted molar refractivity (Wildman–Crippen MR) is 113 cm³/mol. The van der Waals surface area contributed by atoms with Gasteiger partial charge in [-0.15, -0.1) is 0 Å². The van der Waals surface area contributed by atoms with E-state index >= 15 is 0 Å². The summed E-state index contributed by atoms with van der Waals surface area (Å²) in [5.41, 5.74) is 2.51. The molecule has 7 nitrogen and oxygen atoms in total. The Bertz CT molecular complexity index is 1250. The van der Waals surface area contributed by atoms with Crippen LogP contribution in [0.5, 0.6) is 0 Å². The van der Waals surface area contributed by atoms with Crippen LogP contribution >= 0.6 is 0 Å². The first-order valence-electron chi connectivity index (χ1n) is 10.4. The summed E-state index contributed by atoms with van der Waals surface area (Å²) in [7, 11) is 0. The number of hydrogen-bond donors (Lipinski definition) is 2. The largest absolute Gasteiger partial charge is 0.595 e. The lowest BCUT2D eigenvalue weighted by atomic mass is 9.48. The van der Waals surface area contributed by atoms with Crippen molar-refractivity contribution in [1.82, 2.24) is 0 Å². The van der Waals surface area contributed by atoms with Gasteiger partial charge in [-0.3, -0.25) is 9.59 Å². The van der Waals surface area contributed by atoms with E-state index in [9.17, 15) is 24.8 Å². The highest BCUT2D eigenvalue weighted by Gasteiger charge is 2.68. The van der Waals surface area contributed by atoms with Crippen molar-refractivity contribution in [2.75, 3.05) is 4.90 Å². The molecular formula is C25H18N2O5. The maximum atomic E-state index is 13.8. The Morgan fingerprint density at radius 1 is 0.875 bits per heavy atom. The Labute approximate surface area is 183 Å². The summed E-state index contributed by atoms with van der Waals surface area (Å²) in [5, 5.41) is 19.3. The van der Waals surface area contributed by atoms with Gasteiger partial charge >= 0.3 is 0 Å². The second-order valence-corrected chi connectivity index (χ2v) is 8.51. The van der Waals surface area contributed by atoms with E-state index in [0.29, 0.717) is 5.69 Å². The fourth-order valence-corrected chi connectivity index (χ4v) is 6.04. The molecule has 32 heavy (non-hydrogen) atoms. The average Bonchev–Trinajstić information content (AvgIpc) is 3.10. The molecule has 1 fully saturated rings. The molecule has 4 aliphatic rings. The first-order chi connectivity index (χ1) is 15.5. The van der Waals surface area contributed by atoms with Crippen LogP contribution in [0.3, 0.4) is 0 Å². The molecule has 0 saturated carbocycles. The number of anilines is 1. The molecule has 3 atom stereocenters.